The molecule has 162 valence electrons. The van der Waals surface area contributed by atoms with Crippen molar-refractivity contribution >= 4 is 17.4 Å². The van der Waals surface area contributed by atoms with E-state index in [9.17, 15) is 24.2 Å². The number of amides is 1. The lowest BCUT2D eigenvalue weighted by molar-refractivity contribution is -0.140. The molecule has 1 amide bonds. The topological polar surface area (TPSA) is 100.0 Å². The third-order valence-corrected chi connectivity index (χ3v) is 5.23. The Kier molecular flexibility index (Phi) is 5.59. The van der Waals surface area contributed by atoms with Crippen LogP contribution in [0.5, 0.6) is 11.5 Å². The number of likely N-dealkylation sites (tertiary alicyclic amines) is 1. The minimum absolute atomic E-state index is 0.0211. The summed E-state index contributed by atoms with van der Waals surface area (Å²) < 4.78 is 19.1. The average Bonchev–Trinajstić information content (AvgIpc) is 3.04. The van der Waals surface area contributed by atoms with E-state index >= 15 is 0 Å². The summed E-state index contributed by atoms with van der Waals surface area (Å²) in [6.45, 7) is 0.0481. The number of pyridine rings is 1. The van der Waals surface area contributed by atoms with E-state index < -0.39 is 29.3 Å². The Hall–Kier alpha value is -4.20. The molecule has 7 nitrogen and oxygen atoms in total. The fraction of sp³-hybridized carbons (Fsp3) is 0.125. The van der Waals surface area contributed by atoms with Crippen LogP contribution < -0.4 is 4.74 Å². The first-order chi connectivity index (χ1) is 15.4. The summed E-state index contributed by atoms with van der Waals surface area (Å²) >= 11 is 0. The second-order valence-corrected chi connectivity index (χ2v) is 7.23. The van der Waals surface area contributed by atoms with Gasteiger partial charge in [0.1, 0.15) is 11.5 Å². The van der Waals surface area contributed by atoms with Gasteiger partial charge in [0.2, 0.25) is 0 Å². The van der Waals surface area contributed by atoms with Crippen molar-refractivity contribution in [1.82, 2.24) is 9.88 Å². The molecule has 1 atom stereocenters. The van der Waals surface area contributed by atoms with Crippen LogP contribution in [0.2, 0.25) is 0 Å². The summed E-state index contributed by atoms with van der Waals surface area (Å²) in [5, 5.41) is 21.0. The van der Waals surface area contributed by atoms with Crippen LogP contribution in [0.1, 0.15) is 22.7 Å². The number of carbonyl (C=O) groups is 2. The minimum atomic E-state index is -0.993. The van der Waals surface area contributed by atoms with E-state index in [4.69, 9.17) is 4.74 Å². The van der Waals surface area contributed by atoms with E-state index in [1.165, 1.54) is 36.3 Å². The average molecular weight is 434 g/mol. The SMILES string of the molecule is COc1ccc(C(O)=C2C(=O)C(=O)N(Cc3cccnc3)[C@H]2c2cccc(O)c2)cc1F. The van der Waals surface area contributed by atoms with Gasteiger partial charge >= 0.3 is 0 Å². The van der Waals surface area contributed by atoms with Gasteiger partial charge in [0.25, 0.3) is 11.7 Å². The number of halogens is 1. The summed E-state index contributed by atoms with van der Waals surface area (Å²) in [4.78, 5) is 31.3. The van der Waals surface area contributed by atoms with Crippen LogP contribution in [0, 0.1) is 5.82 Å². The Morgan fingerprint density at radius 1 is 1.16 bits per heavy atom. The molecule has 2 aromatic carbocycles. The van der Waals surface area contributed by atoms with E-state index in [0.29, 0.717) is 11.1 Å². The maximum Gasteiger partial charge on any atom is 0.295 e. The zero-order chi connectivity index (χ0) is 22.8. The second-order valence-electron chi connectivity index (χ2n) is 7.23. The monoisotopic (exact) mass is 434 g/mol. The Morgan fingerprint density at radius 2 is 1.97 bits per heavy atom. The quantitative estimate of drug-likeness (QED) is 0.362. The van der Waals surface area contributed by atoms with E-state index in [1.807, 2.05) is 0 Å². The summed E-state index contributed by atoms with van der Waals surface area (Å²) in [6.07, 6.45) is 3.15. The van der Waals surface area contributed by atoms with E-state index in [0.717, 1.165) is 6.07 Å². The Balaban J connectivity index is 1.87. The highest BCUT2D eigenvalue weighted by Gasteiger charge is 2.46. The minimum Gasteiger partial charge on any atom is -0.508 e. The van der Waals surface area contributed by atoms with Crippen molar-refractivity contribution in [1.29, 1.82) is 0 Å². The number of hydrogen-bond donors (Lipinski definition) is 2. The molecule has 0 saturated carbocycles. The van der Waals surface area contributed by atoms with Crippen LogP contribution in [0.3, 0.4) is 0 Å². The third-order valence-electron chi connectivity index (χ3n) is 5.23. The summed E-state index contributed by atoms with van der Waals surface area (Å²) in [5.74, 6) is -3.07. The Bertz CT molecular complexity index is 1230. The highest BCUT2D eigenvalue weighted by Crippen LogP contribution is 2.41. The number of hydrogen-bond acceptors (Lipinski definition) is 6. The molecule has 8 heteroatoms. The molecule has 1 aliphatic heterocycles. The number of aliphatic hydroxyl groups excluding tert-OH is 1. The smallest absolute Gasteiger partial charge is 0.295 e. The zero-order valence-electron chi connectivity index (χ0n) is 17.0. The highest BCUT2D eigenvalue weighted by atomic mass is 19.1. The van der Waals surface area contributed by atoms with Gasteiger partial charge in [-0.3, -0.25) is 14.6 Å². The van der Waals surface area contributed by atoms with Gasteiger partial charge in [0, 0.05) is 24.5 Å². The van der Waals surface area contributed by atoms with Crippen LogP contribution in [0.4, 0.5) is 4.39 Å². The van der Waals surface area contributed by atoms with Crippen molar-refractivity contribution in [3.8, 4) is 11.5 Å². The number of phenols is 1. The molecule has 0 aliphatic carbocycles. The zero-order valence-corrected chi connectivity index (χ0v) is 17.0. The molecule has 0 spiro atoms. The molecule has 2 N–H and O–H groups in total. The lowest BCUT2D eigenvalue weighted by atomic mass is 9.95. The molecular weight excluding hydrogens is 415 g/mol. The number of aromatic nitrogens is 1. The standard InChI is InChI=1S/C24H19FN2O5/c1-32-19-8-7-16(11-18(19)25)22(29)20-21(15-5-2-6-17(28)10-15)27(24(31)23(20)30)13-14-4-3-9-26-12-14/h2-12,21,28-29H,13H2,1H3/t21-/m0/s1. The van der Waals surface area contributed by atoms with Gasteiger partial charge in [-0.05, 0) is 47.5 Å². The highest BCUT2D eigenvalue weighted by molar-refractivity contribution is 6.46. The van der Waals surface area contributed by atoms with Gasteiger partial charge in [0.15, 0.2) is 11.6 Å². The number of methoxy groups -OCH3 is 1. The molecule has 1 aromatic heterocycles. The fourth-order valence-corrected chi connectivity index (χ4v) is 3.74. The van der Waals surface area contributed by atoms with Gasteiger partial charge in [0.05, 0.1) is 18.7 Å². The normalized spacial score (nSPS) is 17.6. The van der Waals surface area contributed by atoms with Crippen LogP contribution in [-0.4, -0.2) is 38.9 Å². The molecule has 0 radical (unpaired) electrons. The molecule has 1 saturated heterocycles. The Morgan fingerprint density at radius 3 is 2.62 bits per heavy atom. The second kappa shape index (κ2) is 8.50. The molecular formula is C24H19FN2O5. The van der Waals surface area contributed by atoms with Crippen LogP contribution in [0.25, 0.3) is 5.76 Å². The number of aromatic hydroxyl groups is 1. The third kappa shape index (κ3) is 3.78. The number of benzene rings is 2. The molecule has 32 heavy (non-hydrogen) atoms. The number of ketones is 1. The van der Waals surface area contributed by atoms with Gasteiger partial charge in [-0.15, -0.1) is 0 Å². The molecule has 1 aliphatic rings. The van der Waals surface area contributed by atoms with Crippen molar-refractivity contribution in [3.05, 3.63) is 95.1 Å². The molecule has 1 fully saturated rings. The predicted molar refractivity (Wildman–Crippen MR) is 113 cm³/mol. The van der Waals surface area contributed by atoms with Gasteiger partial charge in [-0.2, -0.15) is 0 Å². The lowest BCUT2D eigenvalue weighted by Gasteiger charge is -2.25. The number of phenolic OH excluding ortho intramolecular Hbond substituents is 1. The lowest BCUT2D eigenvalue weighted by Crippen LogP contribution is -2.29. The predicted octanol–water partition coefficient (Wildman–Crippen LogP) is 3.56. The number of carbonyl (C=O) groups excluding carboxylic acids is 2. The number of nitrogens with zero attached hydrogens (tertiary/aromatic N) is 2. The summed E-state index contributed by atoms with van der Waals surface area (Å²) in [6, 6.07) is 12.3. The summed E-state index contributed by atoms with van der Waals surface area (Å²) in [5.41, 5.74) is 0.917. The van der Waals surface area contributed by atoms with Crippen molar-refractivity contribution in [2.45, 2.75) is 12.6 Å². The molecule has 2 heterocycles. The molecule has 4 rings (SSSR count). The summed E-state index contributed by atoms with van der Waals surface area (Å²) in [7, 11) is 1.31. The van der Waals surface area contributed by atoms with Crippen LogP contribution >= 0.6 is 0 Å². The van der Waals surface area contributed by atoms with Gasteiger partial charge < -0.3 is 19.8 Å². The van der Waals surface area contributed by atoms with Gasteiger partial charge in [-0.25, -0.2) is 4.39 Å². The number of ether oxygens (including phenoxy) is 1. The maximum atomic E-state index is 14.2. The van der Waals surface area contributed by atoms with Crippen molar-refractivity contribution < 1.29 is 28.9 Å². The van der Waals surface area contributed by atoms with Crippen molar-refractivity contribution in [2.75, 3.05) is 7.11 Å². The number of rotatable bonds is 5. The van der Waals surface area contributed by atoms with Crippen molar-refractivity contribution in [3.63, 3.8) is 0 Å². The van der Waals surface area contributed by atoms with E-state index in [-0.39, 0.29) is 29.2 Å². The fourth-order valence-electron chi connectivity index (χ4n) is 3.74. The largest absolute Gasteiger partial charge is 0.508 e. The number of aliphatic hydroxyl groups is 1. The Labute approximate surface area is 183 Å². The number of Topliss-reactive ketones (excluding diaryl/α,β-unsaturated/α-hetero) is 1. The first-order valence-electron chi connectivity index (χ1n) is 9.71. The first-order valence-corrected chi connectivity index (χ1v) is 9.71. The molecule has 0 unspecified atom stereocenters. The van der Waals surface area contributed by atoms with Crippen LogP contribution in [-0.2, 0) is 16.1 Å². The van der Waals surface area contributed by atoms with Gasteiger partial charge in [-0.1, -0.05) is 18.2 Å². The van der Waals surface area contributed by atoms with E-state index in [1.54, 1.807) is 36.7 Å². The van der Waals surface area contributed by atoms with Crippen molar-refractivity contribution in [2.24, 2.45) is 0 Å². The molecule has 0 bridgehead atoms. The molecule has 3 aromatic rings. The van der Waals surface area contributed by atoms with Crippen LogP contribution in [0.15, 0.2) is 72.6 Å². The van der Waals surface area contributed by atoms with E-state index in [2.05, 4.69) is 4.98 Å². The maximum absolute atomic E-state index is 14.2. The first kappa shape index (κ1) is 21.0.